The predicted molar refractivity (Wildman–Crippen MR) is 89.4 cm³/mol. The third-order valence-electron chi connectivity index (χ3n) is 4.16. The highest BCUT2D eigenvalue weighted by Gasteiger charge is 2.24. The fraction of sp³-hybridized carbons (Fsp3) is 0.211. The van der Waals surface area contributed by atoms with Crippen LogP contribution in [-0.2, 0) is 13.0 Å². The fourth-order valence-corrected chi connectivity index (χ4v) is 2.95. The lowest BCUT2D eigenvalue weighted by molar-refractivity contribution is 0.355. The average molecular weight is 319 g/mol. The fourth-order valence-electron chi connectivity index (χ4n) is 2.95. The molecule has 118 valence electrons. The zero-order chi connectivity index (χ0) is 16.5. The van der Waals surface area contributed by atoms with Gasteiger partial charge in [-0.2, -0.15) is 0 Å². The zero-order valence-electron chi connectivity index (χ0n) is 12.9. The Bertz CT molecular complexity index is 1030. The van der Waals surface area contributed by atoms with Crippen LogP contribution in [0.2, 0.25) is 0 Å². The molecule has 0 saturated heterocycles. The van der Waals surface area contributed by atoms with Gasteiger partial charge in [0.15, 0.2) is 0 Å². The predicted octanol–water partition coefficient (Wildman–Crippen LogP) is 2.33. The van der Waals surface area contributed by atoms with E-state index in [2.05, 4.69) is 21.8 Å². The molecule has 0 N–H and O–H groups in total. The Hall–Kier alpha value is -3.00. The summed E-state index contributed by atoms with van der Waals surface area (Å²) in [7, 11) is 0. The number of aromatic nitrogens is 3. The Morgan fingerprint density at radius 3 is 2.96 bits per heavy atom. The van der Waals surface area contributed by atoms with Crippen molar-refractivity contribution in [3.8, 4) is 11.8 Å². The van der Waals surface area contributed by atoms with E-state index in [4.69, 9.17) is 0 Å². The zero-order valence-corrected chi connectivity index (χ0v) is 12.9. The number of rotatable bonds is 1. The van der Waals surface area contributed by atoms with Crippen molar-refractivity contribution in [2.75, 3.05) is 6.67 Å². The average Bonchev–Trinajstić information content (AvgIpc) is 3.04. The molecule has 3 aromatic rings. The molecule has 0 saturated carbocycles. The van der Waals surface area contributed by atoms with Crippen LogP contribution >= 0.6 is 0 Å². The minimum Gasteiger partial charge on any atom is -0.296 e. The molecule has 1 atom stereocenters. The SMILES string of the molecule is O=c1c2ccc(C#Cc3ccccn3)cc2nc2n1CC(CF)C2. The highest BCUT2D eigenvalue weighted by atomic mass is 19.1. The summed E-state index contributed by atoms with van der Waals surface area (Å²) in [5.41, 5.74) is 1.96. The molecule has 1 aliphatic heterocycles. The van der Waals surface area contributed by atoms with E-state index in [1.165, 1.54) is 0 Å². The maximum atomic E-state index is 12.9. The first-order valence-electron chi connectivity index (χ1n) is 7.77. The second kappa shape index (κ2) is 5.89. The van der Waals surface area contributed by atoms with Gasteiger partial charge in [-0.05, 0) is 36.3 Å². The van der Waals surface area contributed by atoms with Crippen LogP contribution in [0, 0.1) is 17.8 Å². The minimum atomic E-state index is -0.431. The molecule has 0 amide bonds. The second-order valence-corrected chi connectivity index (χ2v) is 5.87. The number of pyridine rings is 1. The van der Waals surface area contributed by atoms with E-state index in [9.17, 15) is 9.18 Å². The largest absolute Gasteiger partial charge is 0.296 e. The van der Waals surface area contributed by atoms with Crippen LogP contribution in [-0.4, -0.2) is 21.2 Å². The molecular formula is C19H14FN3O. The maximum Gasteiger partial charge on any atom is 0.261 e. The van der Waals surface area contributed by atoms with Crippen LogP contribution in [0.25, 0.3) is 10.9 Å². The summed E-state index contributed by atoms with van der Waals surface area (Å²) >= 11 is 0. The van der Waals surface area contributed by atoms with Gasteiger partial charge in [-0.25, -0.2) is 9.97 Å². The van der Waals surface area contributed by atoms with Crippen LogP contribution in [0.1, 0.15) is 17.1 Å². The lowest BCUT2D eigenvalue weighted by Gasteiger charge is -2.05. The van der Waals surface area contributed by atoms with Gasteiger partial charge in [-0.15, -0.1) is 0 Å². The molecule has 4 nitrogen and oxygen atoms in total. The van der Waals surface area contributed by atoms with Gasteiger partial charge in [-0.1, -0.05) is 12.0 Å². The smallest absolute Gasteiger partial charge is 0.261 e. The van der Waals surface area contributed by atoms with Gasteiger partial charge < -0.3 is 0 Å². The quantitative estimate of drug-likeness (QED) is 0.647. The Labute approximate surface area is 138 Å². The Morgan fingerprint density at radius 1 is 1.25 bits per heavy atom. The molecule has 3 heterocycles. The molecular weight excluding hydrogens is 305 g/mol. The van der Waals surface area contributed by atoms with Crippen molar-refractivity contribution >= 4 is 10.9 Å². The summed E-state index contributed by atoms with van der Waals surface area (Å²) in [6.45, 7) is -0.0191. The van der Waals surface area contributed by atoms with Gasteiger partial charge in [0, 0.05) is 30.6 Å². The van der Waals surface area contributed by atoms with Crippen molar-refractivity contribution in [3.63, 3.8) is 0 Å². The van der Waals surface area contributed by atoms with E-state index in [1.807, 2.05) is 18.2 Å². The van der Waals surface area contributed by atoms with E-state index in [-0.39, 0.29) is 11.5 Å². The standard InChI is InChI=1S/C19H14FN3O/c20-11-14-10-18-22-17-9-13(4-6-15-3-1-2-8-21-15)5-7-16(17)19(24)23(18)12-14/h1-3,5,7-9,14H,10-12H2. The van der Waals surface area contributed by atoms with Crippen LogP contribution in [0.15, 0.2) is 47.4 Å². The highest BCUT2D eigenvalue weighted by molar-refractivity contribution is 5.79. The van der Waals surface area contributed by atoms with Crippen LogP contribution in [0.4, 0.5) is 4.39 Å². The van der Waals surface area contributed by atoms with Gasteiger partial charge in [0.1, 0.15) is 11.5 Å². The summed E-state index contributed by atoms with van der Waals surface area (Å²) in [6.07, 6.45) is 2.20. The van der Waals surface area contributed by atoms with Gasteiger partial charge in [0.2, 0.25) is 0 Å². The van der Waals surface area contributed by atoms with Crippen LogP contribution in [0.5, 0.6) is 0 Å². The monoisotopic (exact) mass is 319 g/mol. The first-order chi connectivity index (χ1) is 11.7. The Morgan fingerprint density at radius 2 is 2.17 bits per heavy atom. The molecule has 0 fully saturated rings. The van der Waals surface area contributed by atoms with Crippen molar-refractivity contribution in [2.24, 2.45) is 5.92 Å². The van der Waals surface area contributed by atoms with E-state index >= 15 is 0 Å². The number of fused-ring (bicyclic) bond motifs is 2. The number of nitrogens with zero attached hydrogens (tertiary/aromatic N) is 3. The van der Waals surface area contributed by atoms with Gasteiger partial charge in [0.25, 0.3) is 5.56 Å². The molecule has 0 radical (unpaired) electrons. The summed E-state index contributed by atoms with van der Waals surface area (Å²) < 4.78 is 14.5. The number of alkyl halides is 1. The normalized spacial score (nSPS) is 15.8. The number of hydrogen-bond acceptors (Lipinski definition) is 3. The summed E-state index contributed by atoms with van der Waals surface area (Å²) in [5, 5.41) is 0.543. The molecule has 1 aromatic carbocycles. The summed E-state index contributed by atoms with van der Waals surface area (Å²) in [4.78, 5) is 21.2. The molecule has 0 aliphatic carbocycles. The summed E-state index contributed by atoms with van der Waals surface area (Å²) in [6, 6.07) is 10.9. The summed E-state index contributed by atoms with van der Waals surface area (Å²) in [5.74, 6) is 6.54. The Balaban J connectivity index is 1.76. The van der Waals surface area contributed by atoms with Crippen molar-refractivity contribution < 1.29 is 4.39 Å². The number of halogens is 1. The first kappa shape index (κ1) is 14.6. The Kier molecular flexibility index (Phi) is 3.58. The van der Waals surface area contributed by atoms with E-state index < -0.39 is 6.67 Å². The first-order valence-corrected chi connectivity index (χ1v) is 7.77. The molecule has 5 heteroatoms. The van der Waals surface area contributed by atoms with Crippen molar-refractivity contribution in [1.29, 1.82) is 0 Å². The molecule has 2 aromatic heterocycles. The second-order valence-electron chi connectivity index (χ2n) is 5.87. The van der Waals surface area contributed by atoms with Crippen LogP contribution in [0.3, 0.4) is 0 Å². The topological polar surface area (TPSA) is 47.8 Å². The van der Waals surface area contributed by atoms with Crippen LogP contribution < -0.4 is 5.56 Å². The van der Waals surface area contributed by atoms with E-state index in [0.29, 0.717) is 35.4 Å². The van der Waals surface area contributed by atoms with Crippen molar-refractivity contribution in [1.82, 2.24) is 14.5 Å². The molecule has 0 spiro atoms. The maximum absolute atomic E-state index is 12.9. The van der Waals surface area contributed by atoms with E-state index in [0.717, 1.165) is 5.56 Å². The molecule has 24 heavy (non-hydrogen) atoms. The lowest BCUT2D eigenvalue weighted by atomic mass is 10.1. The molecule has 1 aliphatic rings. The number of hydrogen-bond donors (Lipinski definition) is 0. The molecule has 0 bridgehead atoms. The van der Waals surface area contributed by atoms with Gasteiger partial charge >= 0.3 is 0 Å². The van der Waals surface area contributed by atoms with Gasteiger partial charge in [0.05, 0.1) is 17.6 Å². The lowest BCUT2D eigenvalue weighted by Crippen LogP contribution is -2.21. The minimum absolute atomic E-state index is 0.102. The van der Waals surface area contributed by atoms with Crippen molar-refractivity contribution in [2.45, 2.75) is 13.0 Å². The number of benzene rings is 1. The van der Waals surface area contributed by atoms with Crippen molar-refractivity contribution in [3.05, 3.63) is 70.0 Å². The van der Waals surface area contributed by atoms with Gasteiger partial charge in [-0.3, -0.25) is 13.8 Å². The highest BCUT2D eigenvalue weighted by Crippen LogP contribution is 2.20. The third kappa shape index (κ3) is 2.56. The molecule has 1 unspecified atom stereocenters. The third-order valence-corrected chi connectivity index (χ3v) is 4.16. The van der Waals surface area contributed by atoms with E-state index in [1.54, 1.807) is 29.0 Å². The molecule has 4 rings (SSSR count).